The van der Waals surface area contributed by atoms with Gasteiger partial charge in [-0.1, -0.05) is 228 Å². The van der Waals surface area contributed by atoms with Crippen LogP contribution < -0.4 is 0 Å². The van der Waals surface area contributed by atoms with Gasteiger partial charge in [-0.05, 0) is 227 Å². The largest absolute Gasteiger partial charge is 0.461 e. The summed E-state index contributed by atoms with van der Waals surface area (Å²) in [7, 11) is 0. The number of hydrogen-bond donors (Lipinski definition) is 0. The average Bonchev–Trinajstić information content (AvgIpc) is 0.661. The molecule has 0 unspecified atom stereocenters. The van der Waals surface area contributed by atoms with Crippen LogP contribution in [0.5, 0.6) is 0 Å². The van der Waals surface area contributed by atoms with Gasteiger partial charge in [0.25, 0.3) is 0 Å². The third-order valence-corrected chi connectivity index (χ3v) is 29.4. The molecule has 7 fully saturated rings. The molecule has 468 valence electrons. The van der Waals surface area contributed by atoms with E-state index in [-0.39, 0.29) is 35.0 Å². The third-order valence-electron chi connectivity index (χ3n) is 29.4. The van der Waals surface area contributed by atoms with Crippen LogP contribution in [0.2, 0.25) is 0 Å². The molecule has 88 heavy (non-hydrogen) atoms. The van der Waals surface area contributed by atoms with Gasteiger partial charge in [-0.25, -0.2) is 0 Å². The molecule has 0 spiro atoms. The molecule has 4 aromatic rings. The smallest absolute Gasteiger partial charge is 0.318 e. The van der Waals surface area contributed by atoms with Crippen molar-refractivity contribution in [2.24, 2.45) is 92.7 Å². The highest BCUT2D eigenvalue weighted by Gasteiger charge is 2.83. The van der Waals surface area contributed by atoms with Gasteiger partial charge >= 0.3 is 11.9 Å². The van der Waals surface area contributed by atoms with Crippen LogP contribution in [-0.2, 0) is 29.9 Å². The maximum atomic E-state index is 16.9. The Morgan fingerprint density at radius 3 is 1.24 bits per heavy atom. The summed E-state index contributed by atoms with van der Waals surface area (Å²) in [6.07, 6.45) is 31.8. The van der Waals surface area contributed by atoms with Crippen LogP contribution in [0, 0.1) is 92.7 Å². The van der Waals surface area contributed by atoms with Crippen molar-refractivity contribution >= 4 is 11.9 Å². The summed E-state index contributed by atoms with van der Waals surface area (Å²) in [6.45, 7) is 25.4. The number of esters is 2. The van der Waals surface area contributed by atoms with Crippen molar-refractivity contribution in [2.75, 3.05) is 0 Å². The Morgan fingerprint density at radius 1 is 0.443 bits per heavy atom. The maximum absolute atomic E-state index is 16.9. The van der Waals surface area contributed by atoms with E-state index in [0.717, 1.165) is 142 Å². The molecule has 11 aliphatic rings. The normalized spacial score (nSPS) is 40.1. The zero-order chi connectivity index (χ0) is 60.9. The summed E-state index contributed by atoms with van der Waals surface area (Å²) in [5.74, 6) is 7.90. The molecular formula is C84H108O4. The Balaban J connectivity index is 0.741. The van der Waals surface area contributed by atoms with Crippen molar-refractivity contribution in [1.29, 1.82) is 0 Å². The SMILES string of the molecule is CC(C)CCC[C@@H](C)[C@H]1CC[C@H]2[C@@H]3CC=C4C[C@@H](OC(=O)C56c7ccccc7-c7ccccc7C5C5(C(=O)O[C@H]7CC[C@@]8(C)C(=CC[C@H]9[C@@H]%10CC[C@H]([C@H](C)CCCC(C)C)[C@@]%10(C)CC[C@@H]98)C7)c7ccccc7-c7ccccc7C65)CC[C@]4(C)[C@H]3CC[C@]12C. The fourth-order valence-corrected chi connectivity index (χ4v) is 25.4. The molecule has 0 bridgehead atoms. The fraction of sp³-hybridized carbons (Fsp3) is 0.643. The fourth-order valence-electron chi connectivity index (χ4n) is 25.4. The van der Waals surface area contributed by atoms with Gasteiger partial charge in [0.1, 0.15) is 23.0 Å². The molecule has 0 amide bonds. The monoisotopic (exact) mass is 1180 g/mol. The van der Waals surface area contributed by atoms with Crippen LogP contribution >= 0.6 is 0 Å². The molecule has 0 N–H and O–H groups in total. The third kappa shape index (κ3) is 8.57. The topological polar surface area (TPSA) is 52.6 Å². The Kier molecular flexibility index (Phi) is 14.9. The lowest BCUT2D eigenvalue weighted by molar-refractivity contribution is -0.185. The number of rotatable bonds is 14. The second-order valence-corrected chi connectivity index (χ2v) is 34.0. The average molecular weight is 1180 g/mol. The van der Waals surface area contributed by atoms with Crippen molar-refractivity contribution in [1.82, 2.24) is 0 Å². The first-order valence-corrected chi connectivity index (χ1v) is 36.6. The number of fused-ring (bicyclic) bond motifs is 24. The second kappa shape index (κ2) is 22.0. The molecule has 15 rings (SSSR count). The highest BCUT2D eigenvalue weighted by molar-refractivity contribution is 6.06. The molecule has 0 aliphatic heterocycles. The van der Waals surface area contributed by atoms with Gasteiger partial charge in [0, 0.05) is 24.7 Å². The van der Waals surface area contributed by atoms with Gasteiger partial charge in [0.2, 0.25) is 0 Å². The lowest BCUT2D eigenvalue weighted by Crippen LogP contribution is -2.75. The van der Waals surface area contributed by atoms with E-state index in [0.29, 0.717) is 22.7 Å². The van der Waals surface area contributed by atoms with E-state index < -0.39 is 22.7 Å². The van der Waals surface area contributed by atoms with E-state index in [9.17, 15) is 0 Å². The molecule has 7 saturated carbocycles. The predicted molar refractivity (Wildman–Crippen MR) is 358 cm³/mol. The first-order valence-electron chi connectivity index (χ1n) is 36.6. The number of benzene rings is 4. The predicted octanol–water partition coefficient (Wildman–Crippen LogP) is 21.3. The first kappa shape index (κ1) is 59.6. The molecule has 4 aromatic carbocycles. The minimum Gasteiger partial charge on any atom is -0.461 e. The molecule has 4 nitrogen and oxygen atoms in total. The zero-order valence-corrected chi connectivity index (χ0v) is 55.8. The van der Waals surface area contributed by atoms with Crippen LogP contribution in [0.3, 0.4) is 0 Å². The number of ether oxygens (including phenoxy) is 2. The lowest BCUT2D eigenvalue weighted by atomic mass is 9.29. The Hall–Kier alpha value is -4.70. The van der Waals surface area contributed by atoms with E-state index >= 15 is 9.59 Å². The number of carbonyl (C=O) groups excluding carboxylic acids is 2. The van der Waals surface area contributed by atoms with Gasteiger partial charge in [-0.15, -0.1) is 0 Å². The summed E-state index contributed by atoms with van der Waals surface area (Å²) >= 11 is 0. The van der Waals surface area contributed by atoms with Crippen LogP contribution in [0.25, 0.3) is 22.3 Å². The van der Waals surface area contributed by atoms with Crippen molar-refractivity contribution < 1.29 is 19.1 Å². The molecule has 0 radical (unpaired) electrons. The molecule has 0 heterocycles. The first-order chi connectivity index (χ1) is 42.4. The second-order valence-electron chi connectivity index (χ2n) is 34.0. The van der Waals surface area contributed by atoms with E-state index in [1.165, 1.54) is 103 Å². The van der Waals surface area contributed by atoms with Gasteiger partial charge in [0.05, 0.1) is 0 Å². The molecule has 11 aliphatic carbocycles. The number of carbonyl (C=O) groups is 2. The van der Waals surface area contributed by atoms with Crippen molar-refractivity contribution in [3.63, 3.8) is 0 Å². The number of hydrogen-bond acceptors (Lipinski definition) is 4. The van der Waals surface area contributed by atoms with Crippen molar-refractivity contribution in [3.8, 4) is 22.3 Å². The summed E-state index contributed by atoms with van der Waals surface area (Å²) in [4.78, 5) is 33.8. The standard InChI is InChI=1S/C84H108O4/c1-51(2)21-19-23-53(5)67-37-39-69-65-35-33-55-49-57(41-45-79(55,7)71(65)43-47-81(67,69)9)87-77(85)83-73-31-17-15-27-61(73)59-25-11-13-29-63(59)75(83)84(74-32-18-16-28-62(74)60-26-12-14-30-64(60)76(83)84)78(86)88-58-42-46-80(8)56(50-58)34-36-66-70-40-38-68(54(6)24-20-22-52(3)4)82(70,10)48-44-72(66)80/h11-18,25-34,51-54,57-58,65-72,75-76H,19-24,35-50H2,1-10H3/t53-,54-,57+,58+,65+,66+,67-,68-,69+,70+,71+,72+,75?,76?,79+,80+,81-,82-,83?,84?/m1/s1. The quantitative estimate of drug-likeness (QED) is 0.0933. The summed E-state index contributed by atoms with van der Waals surface area (Å²) in [5.41, 5.74) is 10.3. The summed E-state index contributed by atoms with van der Waals surface area (Å²) in [6, 6.07) is 34.9. The zero-order valence-electron chi connectivity index (χ0n) is 55.8. The minimum absolute atomic E-state index is 0.126. The Bertz CT molecular complexity index is 3180. The summed E-state index contributed by atoms with van der Waals surface area (Å²) in [5, 5.41) is 0. The number of allylic oxidation sites excluding steroid dienone is 2. The molecule has 4 heteroatoms. The lowest BCUT2D eigenvalue weighted by Gasteiger charge is -2.69. The van der Waals surface area contributed by atoms with Crippen LogP contribution in [0.15, 0.2) is 120 Å². The van der Waals surface area contributed by atoms with Gasteiger partial charge in [0.15, 0.2) is 0 Å². The molecule has 0 aromatic heterocycles. The van der Waals surface area contributed by atoms with Crippen molar-refractivity contribution in [2.45, 2.75) is 245 Å². The maximum Gasteiger partial charge on any atom is 0.318 e. The van der Waals surface area contributed by atoms with E-state index in [1.54, 1.807) is 11.1 Å². The molecular weight excluding hydrogens is 1070 g/mol. The highest BCUT2D eigenvalue weighted by atomic mass is 16.6. The van der Waals surface area contributed by atoms with Gasteiger partial charge in [-0.3, -0.25) is 9.59 Å². The minimum atomic E-state index is -1.19. The van der Waals surface area contributed by atoms with Crippen molar-refractivity contribution in [3.05, 3.63) is 143 Å². The van der Waals surface area contributed by atoms with Gasteiger partial charge < -0.3 is 9.47 Å². The van der Waals surface area contributed by atoms with Crippen LogP contribution in [-0.4, -0.2) is 24.1 Å². The summed E-state index contributed by atoms with van der Waals surface area (Å²) < 4.78 is 14.8. The van der Waals surface area contributed by atoms with Crippen LogP contribution in [0.4, 0.5) is 0 Å². The highest BCUT2D eigenvalue weighted by Crippen LogP contribution is 2.80. The van der Waals surface area contributed by atoms with E-state index in [4.69, 9.17) is 9.47 Å². The Morgan fingerprint density at radius 2 is 0.830 bits per heavy atom. The molecule has 0 saturated heterocycles. The van der Waals surface area contributed by atoms with E-state index in [2.05, 4.69) is 178 Å². The Labute approximate surface area is 531 Å². The molecule has 16 atom stereocenters. The van der Waals surface area contributed by atoms with E-state index in [1.807, 2.05) is 0 Å². The van der Waals surface area contributed by atoms with Crippen LogP contribution in [0.1, 0.15) is 245 Å². The van der Waals surface area contributed by atoms with Gasteiger partial charge in [-0.2, -0.15) is 0 Å².